The molecule has 0 radical (unpaired) electrons. The lowest BCUT2D eigenvalue weighted by Gasteiger charge is -2.02. The Balaban J connectivity index is 1.82. The van der Waals surface area contributed by atoms with Crippen LogP contribution in [0.3, 0.4) is 0 Å². The predicted octanol–water partition coefficient (Wildman–Crippen LogP) is 1.71. The minimum Gasteiger partial charge on any atom is -0.350 e. The van der Waals surface area contributed by atoms with Crippen LogP contribution in [-0.2, 0) is 17.8 Å². The summed E-state index contributed by atoms with van der Waals surface area (Å²) in [6.07, 6.45) is 2.04. The molecule has 5 heteroatoms. The van der Waals surface area contributed by atoms with Gasteiger partial charge < -0.3 is 5.32 Å². The second-order valence-corrected chi connectivity index (χ2v) is 4.69. The van der Waals surface area contributed by atoms with Gasteiger partial charge in [-0.3, -0.25) is 9.78 Å². The van der Waals surface area contributed by atoms with Crippen molar-refractivity contribution in [2.45, 2.75) is 19.9 Å². The Labute approximate surface area is 104 Å². The fraction of sp³-hybridized carbons (Fsp3) is 0.250. The van der Waals surface area contributed by atoms with Crippen LogP contribution in [-0.4, -0.2) is 15.9 Å². The summed E-state index contributed by atoms with van der Waals surface area (Å²) in [6.45, 7) is 2.39. The van der Waals surface area contributed by atoms with Gasteiger partial charge in [0.05, 0.1) is 29.4 Å². The number of rotatable bonds is 4. The van der Waals surface area contributed by atoms with E-state index in [0.29, 0.717) is 13.0 Å². The maximum atomic E-state index is 11.6. The molecule has 0 aromatic carbocycles. The van der Waals surface area contributed by atoms with E-state index in [1.165, 1.54) is 0 Å². The molecule has 0 saturated heterocycles. The van der Waals surface area contributed by atoms with Crippen molar-refractivity contribution in [3.05, 3.63) is 46.2 Å². The first-order chi connectivity index (χ1) is 8.24. The Morgan fingerprint density at radius 2 is 2.29 bits per heavy atom. The van der Waals surface area contributed by atoms with Gasteiger partial charge >= 0.3 is 0 Å². The van der Waals surface area contributed by atoms with Crippen LogP contribution in [0.25, 0.3) is 0 Å². The lowest BCUT2D eigenvalue weighted by molar-refractivity contribution is -0.120. The Hall–Kier alpha value is -1.75. The van der Waals surface area contributed by atoms with E-state index in [4.69, 9.17) is 0 Å². The second-order valence-electron chi connectivity index (χ2n) is 3.63. The number of carbonyl (C=O) groups is 1. The highest BCUT2D eigenvalue weighted by atomic mass is 32.1. The van der Waals surface area contributed by atoms with Gasteiger partial charge in [0, 0.05) is 11.6 Å². The van der Waals surface area contributed by atoms with Crippen molar-refractivity contribution in [3.8, 4) is 0 Å². The molecule has 0 aliphatic heterocycles. The van der Waals surface area contributed by atoms with E-state index >= 15 is 0 Å². The zero-order chi connectivity index (χ0) is 12.1. The topological polar surface area (TPSA) is 54.9 Å². The minimum absolute atomic E-state index is 0.0269. The van der Waals surface area contributed by atoms with Crippen molar-refractivity contribution in [2.24, 2.45) is 0 Å². The van der Waals surface area contributed by atoms with Crippen LogP contribution in [0, 0.1) is 6.92 Å². The van der Waals surface area contributed by atoms with Gasteiger partial charge in [-0.1, -0.05) is 6.07 Å². The molecule has 2 heterocycles. The maximum Gasteiger partial charge on any atom is 0.226 e. The van der Waals surface area contributed by atoms with Crippen molar-refractivity contribution >= 4 is 17.2 Å². The third-order valence-electron chi connectivity index (χ3n) is 2.20. The predicted molar refractivity (Wildman–Crippen MR) is 66.6 cm³/mol. The van der Waals surface area contributed by atoms with E-state index in [1.807, 2.05) is 30.5 Å². The van der Waals surface area contributed by atoms with Gasteiger partial charge in [-0.15, -0.1) is 11.3 Å². The zero-order valence-corrected chi connectivity index (χ0v) is 10.3. The van der Waals surface area contributed by atoms with E-state index < -0.39 is 0 Å². The average Bonchev–Trinajstić information content (AvgIpc) is 2.73. The monoisotopic (exact) mass is 247 g/mol. The largest absolute Gasteiger partial charge is 0.350 e. The van der Waals surface area contributed by atoms with Crippen LogP contribution < -0.4 is 5.32 Å². The normalized spacial score (nSPS) is 10.2. The molecule has 1 amide bonds. The van der Waals surface area contributed by atoms with E-state index in [1.54, 1.807) is 17.5 Å². The molecule has 0 aliphatic carbocycles. The number of aryl methyl sites for hydroxylation is 1. The van der Waals surface area contributed by atoms with E-state index in [0.717, 1.165) is 16.4 Å². The fourth-order valence-corrected chi connectivity index (χ4v) is 2.02. The molecule has 0 unspecified atom stereocenters. The number of thiazole rings is 1. The standard InChI is InChI=1S/C12H13N3OS/c1-9-15-11(8-17-9)6-12(16)14-7-10-4-2-3-5-13-10/h2-5,8H,6-7H2,1H3,(H,14,16). The van der Waals surface area contributed by atoms with Gasteiger partial charge in [0.15, 0.2) is 0 Å². The molecule has 4 nitrogen and oxygen atoms in total. The smallest absolute Gasteiger partial charge is 0.226 e. The molecule has 0 spiro atoms. The molecular weight excluding hydrogens is 234 g/mol. The summed E-state index contributed by atoms with van der Waals surface area (Å²) in [5.41, 5.74) is 1.68. The van der Waals surface area contributed by atoms with Crippen molar-refractivity contribution in [1.29, 1.82) is 0 Å². The van der Waals surface area contributed by atoms with Gasteiger partial charge in [-0.05, 0) is 19.1 Å². The molecule has 0 saturated carbocycles. The summed E-state index contributed by atoms with van der Waals surface area (Å²) in [4.78, 5) is 20.0. The number of nitrogens with one attached hydrogen (secondary N) is 1. The summed E-state index contributed by atoms with van der Waals surface area (Å²) in [5, 5.41) is 5.72. The van der Waals surface area contributed by atoms with Crippen molar-refractivity contribution < 1.29 is 4.79 Å². The molecule has 0 atom stereocenters. The third-order valence-corrected chi connectivity index (χ3v) is 3.02. The van der Waals surface area contributed by atoms with Gasteiger partial charge in [0.1, 0.15) is 0 Å². The quantitative estimate of drug-likeness (QED) is 0.894. The number of nitrogens with zero attached hydrogens (tertiary/aromatic N) is 2. The number of hydrogen-bond acceptors (Lipinski definition) is 4. The minimum atomic E-state index is -0.0269. The maximum absolute atomic E-state index is 11.6. The summed E-state index contributed by atoms with van der Waals surface area (Å²) in [6, 6.07) is 5.63. The molecule has 2 aromatic rings. The van der Waals surface area contributed by atoms with Crippen LogP contribution in [0.2, 0.25) is 0 Å². The third kappa shape index (κ3) is 3.64. The molecule has 2 aromatic heterocycles. The molecule has 17 heavy (non-hydrogen) atoms. The van der Waals surface area contributed by atoms with Crippen LogP contribution >= 0.6 is 11.3 Å². The fourth-order valence-electron chi connectivity index (χ4n) is 1.41. The Morgan fingerprint density at radius 1 is 1.41 bits per heavy atom. The molecule has 1 N–H and O–H groups in total. The van der Waals surface area contributed by atoms with E-state index in [9.17, 15) is 4.79 Å². The highest BCUT2D eigenvalue weighted by Gasteiger charge is 2.06. The molecule has 88 valence electrons. The molecule has 2 rings (SSSR count). The SMILES string of the molecule is Cc1nc(CC(=O)NCc2ccccn2)cs1. The van der Waals surface area contributed by atoms with Crippen molar-refractivity contribution in [2.75, 3.05) is 0 Å². The van der Waals surface area contributed by atoms with Crippen molar-refractivity contribution in [1.82, 2.24) is 15.3 Å². The first-order valence-corrected chi connectivity index (χ1v) is 6.19. The summed E-state index contributed by atoms with van der Waals surface area (Å²) < 4.78 is 0. The van der Waals surface area contributed by atoms with E-state index in [2.05, 4.69) is 15.3 Å². The molecule has 0 aliphatic rings. The van der Waals surface area contributed by atoms with Gasteiger partial charge in [0.25, 0.3) is 0 Å². The van der Waals surface area contributed by atoms with Crippen LogP contribution in [0.5, 0.6) is 0 Å². The van der Waals surface area contributed by atoms with Gasteiger partial charge in [0.2, 0.25) is 5.91 Å². The lowest BCUT2D eigenvalue weighted by atomic mass is 10.3. The lowest BCUT2D eigenvalue weighted by Crippen LogP contribution is -2.25. The number of aromatic nitrogens is 2. The molecule has 0 bridgehead atoms. The Bertz CT molecular complexity index is 495. The highest BCUT2D eigenvalue weighted by molar-refractivity contribution is 7.09. The first-order valence-electron chi connectivity index (χ1n) is 5.31. The highest BCUT2D eigenvalue weighted by Crippen LogP contribution is 2.08. The number of amides is 1. The molecule has 0 fully saturated rings. The van der Waals surface area contributed by atoms with Crippen LogP contribution in [0.15, 0.2) is 29.8 Å². The average molecular weight is 247 g/mol. The summed E-state index contributed by atoms with van der Waals surface area (Å²) in [5.74, 6) is -0.0269. The number of pyridine rings is 1. The van der Waals surface area contributed by atoms with E-state index in [-0.39, 0.29) is 5.91 Å². The molecular formula is C12H13N3OS. The number of carbonyl (C=O) groups excluding carboxylic acids is 1. The first kappa shape index (κ1) is 11.7. The van der Waals surface area contributed by atoms with Gasteiger partial charge in [-0.2, -0.15) is 0 Å². The second kappa shape index (κ2) is 5.54. The summed E-state index contributed by atoms with van der Waals surface area (Å²) in [7, 11) is 0. The van der Waals surface area contributed by atoms with Crippen LogP contribution in [0.4, 0.5) is 0 Å². The van der Waals surface area contributed by atoms with Crippen molar-refractivity contribution in [3.63, 3.8) is 0 Å². The van der Waals surface area contributed by atoms with Crippen LogP contribution in [0.1, 0.15) is 16.4 Å². The van der Waals surface area contributed by atoms with Gasteiger partial charge in [-0.25, -0.2) is 4.98 Å². The zero-order valence-electron chi connectivity index (χ0n) is 9.51. The Morgan fingerprint density at radius 3 is 2.94 bits per heavy atom. The number of hydrogen-bond donors (Lipinski definition) is 1. The summed E-state index contributed by atoms with van der Waals surface area (Å²) >= 11 is 1.56. The Kier molecular flexibility index (Phi) is 3.82.